The Morgan fingerprint density at radius 3 is 0.741 bits per heavy atom. The van der Waals surface area contributed by atoms with Crippen LogP contribution in [0.1, 0.15) is 25.7 Å². The van der Waals surface area contributed by atoms with E-state index < -0.39 is 72.7 Å². The van der Waals surface area contributed by atoms with Gasteiger partial charge in [0.2, 0.25) is 0 Å². The third kappa shape index (κ3) is 12.7. The minimum absolute atomic E-state index is 0. The molecular formula is C12H10NaO14-5. The van der Waals surface area contributed by atoms with E-state index >= 15 is 0 Å². The smallest absolute Gasteiger partial charge is 0.550 e. The normalized spacial score (nSPS) is 10.4. The Labute approximate surface area is 171 Å². The van der Waals surface area contributed by atoms with E-state index in [1.54, 1.807) is 0 Å². The third-order valence-electron chi connectivity index (χ3n) is 2.51. The zero-order chi connectivity index (χ0) is 21.3. The second-order valence-corrected chi connectivity index (χ2v) is 4.83. The molecule has 0 amide bonds. The second-order valence-electron chi connectivity index (χ2n) is 4.83. The standard InChI is InChI=1S/2C6H8O7.Na/c2*7-3(8)1-6(13,5(11)12)2-4(9)10;/h2*13H,1-2H2,(H,7,8)(H,9,10)(H,11,12);/q;;+1/p-6. The molecule has 0 saturated heterocycles. The van der Waals surface area contributed by atoms with Gasteiger partial charge in [-0.3, -0.25) is 0 Å². The van der Waals surface area contributed by atoms with Crippen molar-refractivity contribution in [2.75, 3.05) is 0 Å². The van der Waals surface area contributed by atoms with Crippen LogP contribution in [-0.2, 0) is 28.8 Å². The maximum absolute atomic E-state index is 10.1. The molecule has 0 aliphatic rings. The largest absolute Gasteiger partial charge is 1.00 e. The van der Waals surface area contributed by atoms with E-state index in [1.807, 2.05) is 0 Å². The van der Waals surface area contributed by atoms with E-state index in [2.05, 4.69) is 0 Å². The van der Waals surface area contributed by atoms with Crippen molar-refractivity contribution >= 4 is 35.8 Å². The first-order valence-electron chi connectivity index (χ1n) is 6.23. The topological polar surface area (TPSA) is 281 Å². The van der Waals surface area contributed by atoms with Crippen molar-refractivity contribution in [1.82, 2.24) is 0 Å². The van der Waals surface area contributed by atoms with E-state index in [-0.39, 0.29) is 29.6 Å². The van der Waals surface area contributed by atoms with Gasteiger partial charge in [0, 0.05) is 49.6 Å². The summed E-state index contributed by atoms with van der Waals surface area (Å²) < 4.78 is 0. The molecule has 0 bridgehead atoms. The Bertz CT molecular complexity index is 513. The maximum atomic E-state index is 10.1. The van der Waals surface area contributed by atoms with Crippen LogP contribution in [0.2, 0.25) is 0 Å². The summed E-state index contributed by atoms with van der Waals surface area (Å²) in [5.41, 5.74) is -5.95. The molecule has 148 valence electrons. The summed E-state index contributed by atoms with van der Waals surface area (Å²) in [6, 6.07) is 0. The molecule has 0 saturated carbocycles. The molecule has 27 heavy (non-hydrogen) atoms. The van der Waals surface area contributed by atoms with Crippen molar-refractivity contribution in [2.45, 2.75) is 36.9 Å². The predicted molar refractivity (Wildman–Crippen MR) is 58.4 cm³/mol. The summed E-state index contributed by atoms with van der Waals surface area (Å²) in [5.74, 6) is -12.0. The van der Waals surface area contributed by atoms with E-state index in [9.17, 15) is 59.4 Å². The summed E-state index contributed by atoms with van der Waals surface area (Å²) in [6.45, 7) is 0. The molecule has 0 aliphatic carbocycles. The summed E-state index contributed by atoms with van der Waals surface area (Å²) in [5, 5.41) is 77.9. The molecule has 0 aromatic carbocycles. The number of aliphatic carboxylic acids is 6. The van der Waals surface area contributed by atoms with Crippen LogP contribution in [0.5, 0.6) is 0 Å². The number of carbonyl (C=O) groups is 6. The average Bonchev–Trinajstić information content (AvgIpc) is 2.34. The molecule has 15 heteroatoms. The van der Waals surface area contributed by atoms with Gasteiger partial charge in [-0.25, -0.2) is 0 Å². The van der Waals surface area contributed by atoms with Gasteiger partial charge in [-0.2, -0.15) is 0 Å². The Morgan fingerprint density at radius 1 is 0.519 bits per heavy atom. The fourth-order valence-corrected chi connectivity index (χ4v) is 1.37. The van der Waals surface area contributed by atoms with E-state index in [1.165, 1.54) is 0 Å². The first-order chi connectivity index (χ1) is 11.6. The van der Waals surface area contributed by atoms with Gasteiger partial charge in [-0.05, 0) is 0 Å². The van der Waals surface area contributed by atoms with Crippen LogP contribution in [0.15, 0.2) is 0 Å². The quantitative estimate of drug-likeness (QED) is 0.321. The molecule has 0 spiro atoms. The molecule has 0 heterocycles. The zero-order valence-corrected chi connectivity index (χ0v) is 15.6. The molecule has 0 unspecified atom stereocenters. The van der Waals surface area contributed by atoms with Crippen molar-refractivity contribution in [1.29, 1.82) is 0 Å². The number of rotatable bonds is 10. The van der Waals surface area contributed by atoms with Crippen LogP contribution in [0.4, 0.5) is 0 Å². The molecule has 14 nitrogen and oxygen atoms in total. The Kier molecular flexibility index (Phi) is 13.3. The molecule has 0 rings (SSSR count). The predicted octanol–water partition coefficient (Wildman–Crippen LogP) is -13.5. The molecule has 0 aromatic rings. The Morgan fingerprint density at radius 2 is 0.667 bits per heavy atom. The van der Waals surface area contributed by atoms with Crippen LogP contribution in [0.25, 0.3) is 0 Å². The molecule has 0 fully saturated rings. The Balaban J connectivity index is -0.000000411. The molecule has 0 radical (unpaired) electrons. The summed E-state index contributed by atoms with van der Waals surface area (Å²) >= 11 is 0. The number of carboxylic acid groups (broad SMARTS) is 6. The van der Waals surface area contributed by atoms with Gasteiger partial charge in [0.05, 0.1) is 11.9 Å². The minimum Gasteiger partial charge on any atom is -0.550 e. The zero-order valence-electron chi connectivity index (χ0n) is 13.6. The number of carbonyl (C=O) groups excluding carboxylic acids is 6. The molecule has 0 aliphatic heterocycles. The number of aliphatic hydroxyl groups is 2. The van der Waals surface area contributed by atoms with Crippen molar-refractivity contribution in [2.24, 2.45) is 0 Å². The van der Waals surface area contributed by atoms with Gasteiger partial charge >= 0.3 is 29.6 Å². The number of hydrogen-bond donors (Lipinski definition) is 2. The van der Waals surface area contributed by atoms with E-state index in [4.69, 9.17) is 10.2 Å². The summed E-state index contributed by atoms with van der Waals surface area (Å²) in [6.07, 6.45) is -5.43. The fraction of sp³-hybridized carbons (Fsp3) is 0.500. The monoisotopic (exact) mass is 401 g/mol. The van der Waals surface area contributed by atoms with E-state index in [0.717, 1.165) is 0 Å². The van der Waals surface area contributed by atoms with Crippen molar-refractivity contribution < 1.29 is 99.2 Å². The van der Waals surface area contributed by atoms with Gasteiger partial charge < -0.3 is 69.6 Å². The van der Waals surface area contributed by atoms with Crippen LogP contribution in [-0.4, -0.2) is 57.2 Å². The van der Waals surface area contributed by atoms with Crippen LogP contribution >= 0.6 is 0 Å². The maximum Gasteiger partial charge on any atom is 1.00 e. The third-order valence-corrected chi connectivity index (χ3v) is 2.51. The van der Waals surface area contributed by atoms with Crippen LogP contribution in [0.3, 0.4) is 0 Å². The first-order valence-corrected chi connectivity index (χ1v) is 6.23. The van der Waals surface area contributed by atoms with Crippen molar-refractivity contribution in [3.05, 3.63) is 0 Å². The van der Waals surface area contributed by atoms with Gasteiger partial charge in [-0.1, -0.05) is 0 Å². The SMILES string of the molecule is O=C([O-])CC(O)(CC(=O)[O-])C(=O)[O-].O=C([O-])CC(O)(CC(=O)[O-])C(=O)[O-].[Na+]. The van der Waals surface area contributed by atoms with E-state index in [0.29, 0.717) is 0 Å². The van der Waals surface area contributed by atoms with Crippen molar-refractivity contribution in [3.63, 3.8) is 0 Å². The molecule has 0 aromatic heterocycles. The Hall–Kier alpha value is -2.26. The molecule has 0 atom stereocenters. The molecule has 2 N–H and O–H groups in total. The fourth-order valence-electron chi connectivity index (χ4n) is 1.37. The average molecular weight is 401 g/mol. The van der Waals surface area contributed by atoms with Crippen LogP contribution < -0.4 is 60.2 Å². The van der Waals surface area contributed by atoms with Gasteiger partial charge in [0.25, 0.3) is 0 Å². The second kappa shape index (κ2) is 12.2. The molecular weight excluding hydrogens is 391 g/mol. The summed E-state index contributed by atoms with van der Waals surface area (Å²) in [4.78, 5) is 60.0. The number of hydrogen-bond acceptors (Lipinski definition) is 14. The van der Waals surface area contributed by atoms with Gasteiger partial charge in [0.1, 0.15) is 11.2 Å². The first kappa shape index (κ1) is 29.5. The summed E-state index contributed by atoms with van der Waals surface area (Å²) in [7, 11) is 0. The van der Waals surface area contributed by atoms with Crippen molar-refractivity contribution in [3.8, 4) is 0 Å². The minimum atomic E-state index is -2.97. The van der Waals surface area contributed by atoms with Gasteiger partial charge in [0.15, 0.2) is 0 Å². The number of carboxylic acids is 6. The van der Waals surface area contributed by atoms with Crippen LogP contribution in [0, 0.1) is 0 Å². The van der Waals surface area contributed by atoms with Gasteiger partial charge in [-0.15, -0.1) is 0 Å².